The lowest BCUT2D eigenvalue weighted by molar-refractivity contribution is -0.134. The van der Waals surface area contributed by atoms with Crippen molar-refractivity contribution in [1.29, 1.82) is 0 Å². The summed E-state index contributed by atoms with van der Waals surface area (Å²) >= 11 is 6.37. The van der Waals surface area contributed by atoms with E-state index in [-0.39, 0.29) is 18.0 Å². The molecule has 2 aliphatic rings. The summed E-state index contributed by atoms with van der Waals surface area (Å²) in [4.78, 5) is 15.3. The molecule has 1 N–H and O–H groups in total. The Morgan fingerprint density at radius 1 is 1.04 bits per heavy atom. The number of carbonyl (C=O) groups excluding carboxylic acids is 1. The highest BCUT2D eigenvalue weighted by molar-refractivity contribution is 6.31. The monoisotopic (exact) mass is 368 g/mol. The van der Waals surface area contributed by atoms with Crippen molar-refractivity contribution in [3.05, 3.63) is 70.2 Å². The molecule has 0 spiro atoms. The molecule has 26 heavy (non-hydrogen) atoms. The van der Waals surface area contributed by atoms with Crippen molar-refractivity contribution in [3.8, 4) is 0 Å². The predicted octanol–water partition coefficient (Wildman–Crippen LogP) is 4.67. The normalized spacial score (nSPS) is 20.7. The third kappa shape index (κ3) is 3.51. The Bertz CT molecular complexity index is 771. The van der Waals surface area contributed by atoms with E-state index in [2.05, 4.69) is 11.4 Å². The van der Waals surface area contributed by atoms with Gasteiger partial charge in [-0.2, -0.15) is 0 Å². The van der Waals surface area contributed by atoms with Gasteiger partial charge < -0.3 is 4.90 Å². The molecule has 0 unspecified atom stereocenters. The van der Waals surface area contributed by atoms with Crippen LogP contribution >= 0.6 is 11.6 Å². The maximum absolute atomic E-state index is 13.3. The van der Waals surface area contributed by atoms with E-state index >= 15 is 0 Å². The predicted molar refractivity (Wildman–Crippen MR) is 105 cm³/mol. The number of piperidine rings is 1. The lowest BCUT2D eigenvalue weighted by Crippen LogP contribution is -2.44. The van der Waals surface area contributed by atoms with Crippen LogP contribution in [-0.2, 0) is 11.2 Å². The van der Waals surface area contributed by atoms with E-state index in [1.807, 2.05) is 47.4 Å². The second-order valence-corrected chi connectivity index (χ2v) is 7.70. The first-order valence-corrected chi connectivity index (χ1v) is 9.99. The number of benzene rings is 2. The van der Waals surface area contributed by atoms with Crippen LogP contribution in [-0.4, -0.2) is 23.9 Å². The van der Waals surface area contributed by atoms with Gasteiger partial charge in [0.05, 0.1) is 0 Å². The minimum atomic E-state index is -0.302. The third-order valence-electron chi connectivity index (χ3n) is 5.63. The van der Waals surface area contributed by atoms with Gasteiger partial charge in [-0.3, -0.25) is 10.1 Å². The van der Waals surface area contributed by atoms with Crippen LogP contribution in [0.1, 0.15) is 54.5 Å². The van der Waals surface area contributed by atoms with E-state index in [1.165, 1.54) is 17.5 Å². The minimum absolute atomic E-state index is 0.169. The number of halogens is 1. The Kier molecular flexibility index (Phi) is 5.28. The van der Waals surface area contributed by atoms with Gasteiger partial charge in [0.2, 0.25) is 5.91 Å². The molecule has 0 aromatic heterocycles. The largest absolute Gasteiger partial charge is 0.341 e. The number of hydrogen-bond acceptors (Lipinski definition) is 2. The van der Waals surface area contributed by atoms with Crippen molar-refractivity contribution in [2.24, 2.45) is 0 Å². The van der Waals surface area contributed by atoms with Crippen LogP contribution < -0.4 is 5.32 Å². The molecule has 0 bridgehead atoms. The van der Waals surface area contributed by atoms with Crippen molar-refractivity contribution in [2.75, 3.05) is 13.1 Å². The van der Waals surface area contributed by atoms with Crippen LogP contribution in [0.2, 0.25) is 5.02 Å². The topological polar surface area (TPSA) is 32.3 Å². The maximum atomic E-state index is 13.3. The fraction of sp³-hybridized carbons (Fsp3) is 0.409. The Morgan fingerprint density at radius 2 is 1.81 bits per heavy atom. The molecule has 1 heterocycles. The second-order valence-electron chi connectivity index (χ2n) is 7.30. The molecule has 1 aliphatic carbocycles. The summed E-state index contributed by atoms with van der Waals surface area (Å²) in [6, 6.07) is 16.1. The zero-order valence-electron chi connectivity index (χ0n) is 15.0. The fourth-order valence-corrected chi connectivity index (χ4v) is 4.51. The number of hydrogen-bond donors (Lipinski definition) is 1. The average Bonchev–Trinajstić information content (AvgIpc) is 3.11. The Balaban J connectivity index is 1.60. The highest BCUT2D eigenvalue weighted by atomic mass is 35.5. The molecule has 0 saturated carbocycles. The number of nitrogens with one attached hydrogen (secondary N) is 1. The number of nitrogens with zero attached hydrogens (tertiary/aromatic N) is 1. The highest BCUT2D eigenvalue weighted by Crippen LogP contribution is 2.37. The first kappa shape index (κ1) is 17.6. The lowest BCUT2D eigenvalue weighted by atomic mass is 10.0. The molecule has 4 heteroatoms. The fourth-order valence-electron chi connectivity index (χ4n) is 4.24. The van der Waals surface area contributed by atoms with Crippen molar-refractivity contribution in [1.82, 2.24) is 10.2 Å². The molecular weight excluding hydrogens is 344 g/mol. The number of amides is 1. The maximum Gasteiger partial charge on any atom is 0.244 e. The first-order chi connectivity index (χ1) is 12.7. The third-order valence-corrected chi connectivity index (χ3v) is 5.98. The molecule has 1 fully saturated rings. The Hall–Kier alpha value is -1.84. The molecular formula is C22H25ClN2O. The summed E-state index contributed by atoms with van der Waals surface area (Å²) < 4.78 is 0. The van der Waals surface area contributed by atoms with E-state index in [4.69, 9.17) is 11.6 Å². The van der Waals surface area contributed by atoms with Crippen LogP contribution in [0.4, 0.5) is 0 Å². The van der Waals surface area contributed by atoms with Gasteiger partial charge in [-0.1, -0.05) is 54.1 Å². The molecule has 3 nitrogen and oxygen atoms in total. The van der Waals surface area contributed by atoms with Crippen LogP contribution in [0.25, 0.3) is 0 Å². The van der Waals surface area contributed by atoms with Crippen molar-refractivity contribution >= 4 is 17.5 Å². The molecule has 136 valence electrons. The summed E-state index contributed by atoms with van der Waals surface area (Å²) in [5.41, 5.74) is 3.51. The molecule has 2 atom stereocenters. The quantitative estimate of drug-likeness (QED) is 0.850. The smallest absolute Gasteiger partial charge is 0.244 e. The number of likely N-dealkylation sites (tertiary alicyclic amines) is 1. The lowest BCUT2D eigenvalue weighted by Gasteiger charge is -2.32. The molecule has 2 aromatic rings. The van der Waals surface area contributed by atoms with E-state index in [9.17, 15) is 4.79 Å². The van der Waals surface area contributed by atoms with E-state index in [0.717, 1.165) is 49.4 Å². The summed E-state index contributed by atoms with van der Waals surface area (Å²) in [5.74, 6) is 0.200. The zero-order valence-corrected chi connectivity index (χ0v) is 15.7. The van der Waals surface area contributed by atoms with Crippen LogP contribution in [0.5, 0.6) is 0 Å². The first-order valence-electron chi connectivity index (χ1n) is 9.61. The summed E-state index contributed by atoms with van der Waals surface area (Å²) in [6.45, 7) is 1.74. The molecule has 1 saturated heterocycles. The standard InChI is InChI=1S/C22H25ClN2O/c23-19-11-7-10-18-17(19)12-13-20(18)24-21(16-8-3-1-4-9-16)22(26)25-14-5-2-6-15-25/h1,3-4,7-11,20-21,24H,2,5-6,12-15H2/t20-,21+/m0/s1. The summed E-state index contributed by atoms with van der Waals surface area (Å²) in [7, 11) is 0. The van der Waals surface area contributed by atoms with Gasteiger partial charge in [-0.05, 0) is 54.9 Å². The molecule has 1 amide bonds. The van der Waals surface area contributed by atoms with Gasteiger partial charge in [0.15, 0.2) is 0 Å². The van der Waals surface area contributed by atoms with Gasteiger partial charge in [0.1, 0.15) is 6.04 Å². The van der Waals surface area contributed by atoms with Gasteiger partial charge >= 0.3 is 0 Å². The number of fused-ring (bicyclic) bond motifs is 1. The number of rotatable bonds is 4. The van der Waals surface area contributed by atoms with Gasteiger partial charge in [-0.15, -0.1) is 0 Å². The molecule has 2 aromatic carbocycles. The summed E-state index contributed by atoms with van der Waals surface area (Å²) in [6.07, 6.45) is 5.38. The minimum Gasteiger partial charge on any atom is -0.341 e. The molecule has 4 rings (SSSR count). The second kappa shape index (κ2) is 7.81. The van der Waals surface area contributed by atoms with Crippen molar-refractivity contribution in [3.63, 3.8) is 0 Å². The van der Waals surface area contributed by atoms with E-state index in [0.29, 0.717) is 0 Å². The van der Waals surface area contributed by atoms with Crippen LogP contribution in [0.15, 0.2) is 48.5 Å². The van der Waals surface area contributed by atoms with Gasteiger partial charge in [-0.25, -0.2) is 0 Å². The van der Waals surface area contributed by atoms with Crippen molar-refractivity contribution in [2.45, 2.75) is 44.2 Å². The van der Waals surface area contributed by atoms with Crippen molar-refractivity contribution < 1.29 is 4.79 Å². The summed E-state index contributed by atoms with van der Waals surface area (Å²) in [5, 5.41) is 4.50. The SMILES string of the molecule is O=C([C@H](N[C@H]1CCc2c(Cl)cccc21)c1ccccc1)N1CCCCC1. The zero-order chi connectivity index (χ0) is 17.9. The average molecular weight is 369 g/mol. The van der Waals surface area contributed by atoms with Gasteiger partial charge in [0.25, 0.3) is 0 Å². The highest BCUT2D eigenvalue weighted by Gasteiger charge is 2.32. The Labute approximate surface area is 160 Å². The van der Waals surface area contributed by atoms with E-state index < -0.39 is 0 Å². The molecule has 1 aliphatic heterocycles. The number of carbonyl (C=O) groups is 1. The Morgan fingerprint density at radius 3 is 2.58 bits per heavy atom. The van der Waals surface area contributed by atoms with Crippen LogP contribution in [0.3, 0.4) is 0 Å². The van der Waals surface area contributed by atoms with Crippen LogP contribution in [0, 0.1) is 0 Å². The van der Waals surface area contributed by atoms with Gasteiger partial charge in [0, 0.05) is 24.2 Å². The molecule has 0 radical (unpaired) electrons. The van der Waals surface area contributed by atoms with E-state index in [1.54, 1.807) is 0 Å².